The molecule has 2 nitrogen and oxygen atoms in total. The highest BCUT2D eigenvalue weighted by molar-refractivity contribution is 5.18. The summed E-state index contributed by atoms with van der Waals surface area (Å²) in [5.74, 6) is 0.827. The SMILES string of the molecule is CCC(CC)CNCCCC(N)c1ccccc1. The predicted molar refractivity (Wildman–Crippen MR) is 79.5 cm³/mol. The van der Waals surface area contributed by atoms with Crippen LogP contribution in [0, 0.1) is 5.92 Å². The first kappa shape index (κ1) is 15.2. The molecule has 18 heavy (non-hydrogen) atoms. The summed E-state index contributed by atoms with van der Waals surface area (Å²) >= 11 is 0. The Morgan fingerprint density at radius 1 is 1.11 bits per heavy atom. The molecule has 0 aromatic heterocycles. The third kappa shape index (κ3) is 5.65. The summed E-state index contributed by atoms with van der Waals surface area (Å²) in [6.45, 7) is 6.76. The maximum Gasteiger partial charge on any atom is 0.0295 e. The first-order valence-electron chi connectivity index (χ1n) is 7.29. The maximum atomic E-state index is 6.16. The van der Waals surface area contributed by atoms with Gasteiger partial charge in [-0.25, -0.2) is 0 Å². The second-order valence-electron chi connectivity index (χ2n) is 5.05. The number of nitrogens with one attached hydrogen (secondary N) is 1. The second-order valence-corrected chi connectivity index (χ2v) is 5.05. The van der Waals surface area contributed by atoms with Crippen LogP contribution in [-0.4, -0.2) is 13.1 Å². The van der Waals surface area contributed by atoms with Gasteiger partial charge in [0.15, 0.2) is 0 Å². The molecule has 1 unspecified atom stereocenters. The van der Waals surface area contributed by atoms with Crippen molar-refractivity contribution in [3.05, 3.63) is 35.9 Å². The molecule has 0 aliphatic rings. The zero-order chi connectivity index (χ0) is 13.2. The van der Waals surface area contributed by atoms with Crippen LogP contribution in [0.2, 0.25) is 0 Å². The van der Waals surface area contributed by atoms with Crippen molar-refractivity contribution in [2.24, 2.45) is 11.7 Å². The standard InChI is InChI=1S/C16H28N2/c1-3-14(4-2)13-18-12-8-11-16(17)15-9-6-5-7-10-15/h5-7,9-10,14,16,18H,3-4,8,11-13,17H2,1-2H3. The summed E-state index contributed by atoms with van der Waals surface area (Å²) < 4.78 is 0. The van der Waals surface area contributed by atoms with Gasteiger partial charge in [0.1, 0.15) is 0 Å². The molecule has 3 N–H and O–H groups in total. The van der Waals surface area contributed by atoms with Gasteiger partial charge in [0.25, 0.3) is 0 Å². The third-order valence-corrected chi connectivity index (χ3v) is 3.68. The van der Waals surface area contributed by atoms with E-state index >= 15 is 0 Å². The van der Waals surface area contributed by atoms with Crippen molar-refractivity contribution in [1.82, 2.24) is 5.32 Å². The summed E-state index contributed by atoms with van der Waals surface area (Å²) in [7, 11) is 0. The van der Waals surface area contributed by atoms with Crippen molar-refractivity contribution >= 4 is 0 Å². The summed E-state index contributed by atoms with van der Waals surface area (Å²) in [4.78, 5) is 0. The van der Waals surface area contributed by atoms with Gasteiger partial charge in [-0.3, -0.25) is 0 Å². The number of hydrogen-bond donors (Lipinski definition) is 2. The fourth-order valence-corrected chi connectivity index (χ4v) is 2.20. The average molecular weight is 248 g/mol. The van der Waals surface area contributed by atoms with Crippen LogP contribution in [0.25, 0.3) is 0 Å². The molecule has 2 heteroatoms. The van der Waals surface area contributed by atoms with Crippen LogP contribution in [0.1, 0.15) is 51.1 Å². The van der Waals surface area contributed by atoms with E-state index in [1.807, 2.05) is 6.07 Å². The first-order valence-corrected chi connectivity index (χ1v) is 7.29. The Labute approximate surface area is 112 Å². The lowest BCUT2D eigenvalue weighted by molar-refractivity contribution is 0.441. The molecular formula is C16H28N2. The van der Waals surface area contributed by atoms with E-state index in [-0.39, 0.29) is 6.04 Å². The molecule has 0 saturated carbocycles. The van der Waals surface area contributed by atoms with E-state index in [9.17, 15) is 0 Å². The molecule has 0 radical (unpaired) electrons. The number of rotatable bonds is 9. The van der Waals surface area contributed by atoms with Gasteiger partial charge < -0.3 is 11.1 Å². The van der Waals surface area contributed by atoms with Crippen LogP contribution in [-0.2, 0) is 0 Å². The molecule has 0 amide bonds. The van der Waals surface area contributed by atoms with Crippen LogP contribution < -0.4 is 11.1 Å². The van der Waals surface area contributed by atoms with Crippen molar-refractivity contribution < 1.29 is 0 Å². The van der Waals surface area contributed by atoms with Crippen molar-refractivity contribution in [3.63, 3.8) is 0 Å². The Kier molecular flexibility index (Phi) is 7.70. The molecule has 1 rings (SSSR count). The van der Waals surface area contributed by atoms with E-state index in [1.165, 1.54) is 18.4 Å². The van der Waals surface area contributed by atoms with Gasteiger partial charge in [-0.1, -0.05) is 57.0 Å². The molecule has 1 atom stereocenters. The molecule has 0 aliphatic heterocycles. The lowest BCUT2D eigenvalue weighted by Crippen LogP contribution is -2.24. The average Bonchev–Trinajstić information content (AvgIpc) is 2.43. The molecule has 102 valence electrons. The second kappa shape index (κ2) is 9.12. The van der Waals surface area contributed by atoms with Gasteiger partial charge in [0, 0.05) is 6.04 Å². The fourth-order valence-electron chi connectivity index (χ4n) is 2.20. The van der Waals surface area contributed by atoms with Gasteiger partial charge in [-0.15, -0.1) is 0 Å². The Morgan fingerprint density at radius 2 is 1.78 bits per heavy atom. The van der Waals surface area contributed by atoms with E-state index in [0.717, 1.165) is 31.8 Å². The normalized spacial score (nSPS) is 12.9. The minimum Gasteiger partial charge on any atom is -0.324 e. The number of hydrogen-bond acceptors (Lipinski definition) is 2. The summed E-state index contributed by atoms with van der Waals surface area (Å²) in [5.41, 5.74) is 7.41. The van der Waals surface area contributed by atoms with E-state index in [1.54, 1.807) is 0 Å². The van der Waals surface area contributed by atoms with Gasteiger partial charge in [0.2, 0.25) is 0 Å². The molecule has 0 aliphatic carbocycles. The van der Waals surface area contributed by atoms with Crippen LogP contribution in [0.15, 0.2) is 30.3 Å². The van der Waals surface area contributed by atoms with E-state index < -0.39 is 0 Å². The van der Waals surface area contributed by atoms with Crippen molar-refractivity contribution in [2.75, 3.05) is 13.1 Å². The smallest absolute Gasteiger partial charge is 0.0295 e. The summed E-state index contributed by atoms with van der Waals surface area (Å²) in [6.07, 6.45) is 4.75. The fraction of sp³-hybridized carbons (Fsp3) is 0.625. The minimum absolute atomic E-state index is 0.182. The minimum atomic E-state index is 0.182. The lowest BCUT2D eigenvalue weighted by Gasteiger charge is -2.15. The number of nitrogens with two attached hydrogens (primary N) is 1. The van der Waals surface area contributed by atoms with Gasteiger partial charge in [-0.05, 0) is 37.4 Å². The highest BCUT2D eigenvalue weighted by Crippen LogP contribution is 2.14. The molecule has 0 heterocycles. The van der Waals surface area contributed by atoms with Crippen molar-refractivity contribution in [2.45, 2.75) is 45.6 Å². The molecular weight excluding hydrogens is 220 g/mol. The molecule has 0 spiro atoms. The van der Waals surface area contributed by atoms with Gasteiger partial charge >= 0.3 is 0 Å². The van der Waals surface area contributed by atoms with Crippen molar-refractivity contribution in [3.8, 4) is 0 Å². The largest absolute Gasteiger partial charge is 0.324 e. The Hall–Kier alpha value is -0.860. The zero-order valence-corrected chi connectivity index (χ0v) is 11.9. The summed E-state index contributed by atoms with van der Waals surface area (Å²) in [5, 5.41) is 3.54. The molecule has 0 fully saturated rings. The van der Waals surface area contributed by atoms with E-state index in [2.05, 4.69) is 43.4 Å². The molecule has 1 aromatic carbocycles. The Balaban J connectivity index is 2.11. The first-order chi connectivity index (χ1) is 8.77. The molecule has 0 saturated heterocycles. The van der Waals surface area contributed by atoms with Crippen LogP contribution in [0.3, 0.4) is 0 Å². The van der Waals surface area contributed by atoms with Crippen LogP contribution in [0.5, 0.6) is 0 Å². The highest BCUT2D eigenvalue weighted by Gasteiger charge is 2.05. The molecule has 1 aromatic rings. The van der Waals surface area contributed by atoms with Crippen LogP contribution >= 0.6 is 0 Å². The van der Waals surface area contributed by atoms with Gasteiger partial charge in [0.05, 0.1) is 0 Å². The topological polar surface area (TPSA) is 38.0 Å². The monoisotopic (exact) mass is 248 g/mol. The number of benzene rings is 1. The van der Waals surface area contributed by atoms with Crippen molar-refractivity contribution in [1.29, 1.82) is 0 Å². The molecule has 0 bridgehead atoms. The van der Waals surface area contributed by atoms with Gasteiger partial charge in [-0.2, -0.15) is 0 Å². The Morgan fingerprint density at radius 3 is 2.39 bits per heavy atom. The van der Waals surface area contributed by atoms with E-state index in [4.69, 9.17) is 5.73 Å². The van der Waals surface area contributed by atoms with Crippen LogP contribution in [0.4, 0.5) is 0 Å². The lowest BCUT2D eigenvalue weighted by atomic mass is 10.0. The Bertz CT molecular complexity index is 293. The third-order valence-electron chi connectivity index (χ3n) is 3.68. The maximum absolute atomic E-state index is 6.16. The quantitative estimate of drug-likeness (QED) is 0.656. The predicted octanol–water partition coefficient (Wildman–Crippen LogP) is 3.49. The van der Waals surface area contributed by atoms with E-state index in [0.29, 0.717) is 0 Å². The highest BCUT2D eigenvalue weighted by atomic mass is 14.9. The zero-order valence-electron chi connectivity index (χ0n) is 11.9. The summed E-state index contributed by atoms with van der Waals surface area (Å²) in [6, 6.07) is 10.6.